The number of hydrogen-bond acceptors (Lipinski definition) is 4. The molecule has 1 aromatic heterocycles. The molecule has 2 aromatic carbocycles. The minimum absolute atomic E-state index is 0.0677. The van der Waals surface area contributed by atoms with Crippen LogP contribution >= 0.6 is 0 Å². The van der Waals surface area contributed by atoms with Crippen molar-refractivity contribution in [3.63, 3.8) is 0 Å². The second kappa shape index (κ2) is 6.22. The lowest BCUT2D eigenvalue weighted by molar-refractivity contribution is 0.427. The molecule has 0 bridgehead atoms. The third-order valence-corrected chi connectivity index (χ3v) is 4.17. The van der Waals surface area contributed by atoms with Crippen molar-refractivity contribution < 1.29 is 17.9 Å². The van der Waals surface area contributed by atoms with Crippen molar-refractivity contribution in [2.45, 2.75) is 6.54 Å². The Labute approximate surface area is 149 Å². The fourth-order valence-electron chi connectivity index (χ4n) is 3.01. The van der Waals surface area contributed by atoms with Gasteiger partial charge in [-0.1, -0.05) is 0 Å². The number of nitrogens with two attached hydrogens (primary N) is 1. The fraction of sp³-hybridized carbons (Fsp3) is 0.100. The highest BCUT2D eigenvalue weighted by Gasteiger charge is 2.23. The van der Waals surface area contributed by atoms with Crippen LogP contribution in [0.5, 0.6) is 11.5 Å². The van der Waals surface area contributed by atoms with E-state index in [4.69, 9.17) is 14.9 Å². The maximum Gasteiger partial charge on any atom is 0.168 e. The molecule has 6 heteroatoms. The molecule has 0 atom stereocenters. The van der Waals surface area contributed by atoms with Gasteiger partial charge in [0.05, 0.1) is 6.26 Å². The minimum Gasteiger partial charge on any atom is -0.464 e. The normalized spacial score (nSPS) is 13.3. The van der Waals surface area contributed by atoms with Crippen molar-refractivity contribution in [1.29, 1.82) is 0 Å². The van der Waals surface area contributed by atoms with Gasteiger partial charge >= 0.3 is 0 Å². The lowest BCUT2D eigenvalue weighted by Crippen LogP contribution is -2.16. The van der Waals surface area contributed by atoms with Crippen molar-refractivity contribution in [3.05, 3.63) is 83.4 Å². The highest BCUT2D eigenvalue weighted by Crippen LogP contribution is 2.39. The van der Waals surface area contributed by atoms with Gasteiger partial charge in [0.2, 0.25) is 0 Å². The lowest BCUT2D eigenvalue weighted by atomic mass is 9.97. The molecule has 132 valence electrons. The van der Waals surface area contributed by atoms with E-state index < -0.39 is 11.6 Å². The van der Waals surface area contributed by atoms with Gasteiger partial charge in [-0.3, -0.25) is 0 Å². The minimum atomic E-state index is -0.777. The zero-order valence-electron chi connectivity index (χ0n) is 14.0. The van der Waals surface area contributed by atoms with E-state index in [1.54, 1.807) is 24.5 Å². The van der Waals surface area contributed by atoms with Crippen LogP contribution in [0.2, 0.25) is 0 Å². The van der Waals surface area contributed by atoms with Gasteiger partial charge in [0, 0.05) is 48.2 Å². The summed E-state index contributed by atoms with van der Waals surface area (Å²) in [5.41, 5.74) is 8.97. The molecule has 0 spiro atoms. The van der Waals surface area contributed by atoms with E-state index in [-0.39, 0.29) is 5.75 Å². The molecule has 0 unspecified atom stereocenters. The van der Waals surface area contributed by atoms with Crippen LogP contribution in [0.25, 0.3) is 5.57 Å². The van der Waals surface area contributed by atoms with Crippen molar-refractivity contribution in [1.82, 2.24) is 4.90 Å². The van der Waals surface area contributed by atoms with Gasteiger partial charge in [-0.15, -0.1) is 0 Å². The van der Waals surface area contributed by atoms with E-state index in [9.17, 15) is 8.78 Å². The van der Waals surface area contributed by atoms with Gasteiger partial charge in [0.25, 0.3) is 0 Å². The standard InChI is InChI=1S/C20H16F2N2O2/c1-24-10-12-6-7-25-20(12)16(11-24)15-9-14(23)3-5-18(15)26-19-4-2-13(21)8-17(19)22/h2-9,11H,10,23H2,1H3. The number of nitrogen functional groups attached to an aromatic ring is 1. The van der Waals surface area contributed by atoms with Gasteiger partial charge in [0.15, 0.2) is 11.6 Å². The maximum atomic E-state index is 14.0. The van der Waals surface area contributed by atoms with Gasteiger partial charge in [-0.05, 0) is 36.4 Å². The largest absolute Gasteiger partial charge is 0.464 e. The Morgan fingerprint density at radius 2 is 1.88 bits per heavy atom. The predicted molar refractivity (Wildman–Crippen MR) is 94.5 cm³/mol. The molecule has 4 nitrogen and oxygen atoms in total. The van der Waals surface area contributed by atoms with Gasteiger partial charge in [0.1, 0.15) is 17.3 Å². The molecule has 0 radical (unpaired) electrons. The number of fused-ring (bicyclic) bond motifs is 1. The summed E-state index contributed by atoms with van der Waals surface area (Å²) >= 11 is 0. The van der Waals surface area contributed by atoms with E-state index in [0.717, 1.165) is 35.6 Å². The fourth-order valence-corrected chi connectivity index (χ4v) is 3.01. The molecule has 0 saturated carbocycles. The molecule has 3 aromatic rings. The monoisotopic (exact) mass is 354 g/mol. The molecule has 0 saturated heterocycles. The van der Waals surface area contributed by atoms with Crippen LogP contribution in [0.15, 0.2) is 59.3 Å². The number of anilines is 1. The molecular formula is C20H16F2N2O2. The Balaban J connectivity index is 1.81. The average molecular weight is 354 g/mol. The lowest BCUT2D eigenvalue weighted by Gasteiger charge is -2.23. The number of halogens is 2. The van der Waals surface area contributed by atoms with Gasteiger partial charge in [-0.2, -0.15) is 0 Å². The second-order valence-electron chi connectivity index (χ2n) is 6.17. The highest BCUT2D eigenvalue weighted by molar-refractivity contribution is 5.84. The number of ether oxygens (including phenoxy) is 1. The Bertz CT molecular complexity index is 1010. The van der Waals surface area contributed by atoms with Crippen LogP contribution in [0.3, 0.4) is 0 Å². The van der Waals surface area contributed by atoms with Crippen LogP contribution < -0.4 is 10.5 Å². The molecule has 4 rings (SSSR count). The van der Waals surface area contributed by atoms with E-state index >= 15 is 0 Å². The summed E-state index contributed by atoms with van der Waals surface area (Å²) in [6, 6.07) is 10.2. The smallest absolute Gasteiger partial charge is 0.168 e. The zero-order valence-corrected chi connectivity index (χ0v) is 14.0. The first-order valence-electron chi connectivity index (χ1n) is 8.03. The molecule has 0 fully saturated rings. The summed E-state index contributed by atoms with van der Waals surface area (Å²) in [7, 11) is 1.95. The van der Waals surface area contributed by atoms with Crippen LogP contribution in [-0.2, 0) is 6.54 Å². The summed E-state index contributed by atoms with van der Waals surface area (Å²) in [5.74, 6) is -0.390. The summed E-state index contributed by atoms with van der Waals surface area (Å²) in [6.07, 6.45) is 3.55. The molecule has 2 heterocycles. The summed E-state index contributed by atoms with van der Waals surface area (Å²) in [5, 5.41) is 0. The van der Waals surface area contributed by atoms with E-state index in [1.165, 1.54) is 6.07 Å². The Morgan fingerprint density at radius 3 is 2.69 bits per heavy atom. The van der Waals surface area contributed by atoms with Crippen molar-refractivity contribution in [2.24, 2.45) is 0 Å². The molecular weight excluding hydrogens is 338 g/mol. The van der Waals surface area contributed by atoms with Crippen LogP contribution in [0, 0.1) is 11.6 Å². The van der Waals surface area contributed by atoms with E-state index in [1.807, 2.05) is 24.2 Å². The number of nitrogens with zero attached hydrogens (tertiary/aromatic N) is 1. The first-order chi connectivity index (χ1) is 12.5. The summed E-state index contributed by atoms with van der Waals surface area (Å²) in [4.78, 5) is 2.01. The third-order valence-electron chi connectivity index (χ3n) is 4.17. The first-order valence-corrected chi connectivity index (χ1v) is 8.03. The van der Waals surface area contributed by atoms with E-state index in [0.29, 0.717) is 17.0 Å². The van der Waals surface area contributed by atoms with Crippen LogP contribution in [-0.4, -0.2) is 11.9 Å². The SMILES string of the molecule is CN1C=C(c2cc(N)ccc2Oc2ccc(F)cc2F)c2occc2C1. The van der Waals surface area contributed by atoms with Gasteiger partial charge in [-0.25, -0.2) is 8.78 Å². The van der Waals surface area contributed by atoms with Crippen molar-refractivity contribution in [2.75, 3.05) is 12.8 Å². The molecule has 0 aliphatic carbocycles. The third kappa shape index (κ3) is 2.90. The Hall–Kier alpha value is -3.28. The zero-order chi connectivity index (χ0) is 18.3. The highest BCUT2D eigenvalue weighted by atomic mass is 19.1. The molecule has 1 aliphatic rings. The van der Waals surface area contributed by atoms with Crippen molar-refractivity contribution >= 4 is 11.3 Å². The number of hydrogen-bond donors (Lipinski definition) is 1. The number of benzene rings is 2. The maximum absolute atomic E-state index is 14.0. The first kappa shape index (κ1) is 16.2. The Morgan fingerprint density at radius 1 is 1.08 bits per heavy atom. The summed E-state index contributed by atoms with van der Waals surface area (Å²) in [6.45, 7) is 0.723. The average Bonchev–Trinajstić information content (AvgIpc) is 3.06. The van der Waals surface area contributed by atoms with Crippen LogP contribution in [0.1, 0.15) is 16.9 Å². The summed E-state index contributed by atoms with van der Waals surface area (Å²) < 4.78 is 38.5. The quantitative estimate of drug-likeness (QED) is 0.689. The van der Waals surface area contributed by atoms with E-state index in [2.05, 4.69) is 0 Å². The second-order valence-corrected chi connectivity index (χ2v) is 6.17. The molecule has 26 heavy (non-hydrogen) atoms. The molecule has 0 amide bonds. The number of rotatable bonds is 3. The van der Waals surface area contributed by atoms with Crippen LogP contribution in [0.4, 0.5) is 14.5 Å². The Kier molecular flexibility index (Phi) is 3.88. The molecule has 2 N–H and O–H groups in total. The van der Waals surface area contributed by atoms with Gasteiger partial charge < -0.3 is 19.8 Å². The molecule has 1 aliphatic heterocycles. The van der Waals surface area contributed by atoms with Crippen molar-refractivity contribution in [3.8, 4) is 11.5 Å². The number of furan rings is 1. The topological polar surface area (TPSA) is 51.6 Å². The predicted octanol–water partition coefficient (Wildman–Crippen LogP) is 4.77.